The van der Waals surface area contributed by atoms with Gasteiger partial charge in [-0.05, 0) is 85.6 Å². The zero-order valence-corrected chi connectivity index (χ0v) is 15.0. The number of aryl methyl sites for hydroxylation is 2. The Morgan fingerprint density at radius 2 is 1.00 bits per heavy atom. The Morgan fingerprint density at radius 1 is 0.565 bits per heavy atom. The van der Waals surface area contributed by atoms with E-state index in [0.717, 1.165) is 26.9 Å². The first-order chi connectivity index (χ1) is 11.0. The summed E-state index contributed by atoms with van der Waals surface area (Å²) in [4.78, 5) is 4.16. The molecule has 0 heterocycles. The van der Waals surface area contributed by atoms with E-state index in [1.54, 1.807) is 0 Å². The zero-order valence-electron chi connectivity index (χ0n) is 13.2. The summed E-state index contributed by atoms with van der Waals surface area (Å²) in [5, 5.41) is 0. The average Bonchev–Trinajstić information content (AvgIpc) is 2.55. The van der Waals surface area contributed by atoms with E-state index in [1.807, 2.05) is 24.3 Å². The Kier molecular flexibility index (Phi) is 4.69. The van der Waals surface area contributed by atoms with Gasteiger partial charge in [0.05, 0.1) is 0 Å². The van der Waals surface area contributed by atoms with E-state index in [4.69, 9.17) is 0 Å². The van der Waals surface area contributed by atoms with E-state index in [0.29, 0.717) is 0 Å². The molecule has 0 aliphatic heterocycles. The van der Waals surface area contributed by atoms with Crippen molar-refractivity contribution in [2.75, 3.05) is 4.90 Å². The molecule has 0 amide bonds. The number of anilines is 3. The van der Waals surface area contributed by atoms with Gasteiger partial charge in [-0.25, -0.2) is 0 Å². The highest BCUT2D eigenvalue weighted by molar-refractivity contribution is 7.80. The van der Waals surface area contributed by atoms with Crippen LogP contribution in [0.1, 0.15) is 11.1 Å². The fraction of sp³-hybridized carbons (Fsp3) is 0.100. The molecule has 23 heavy (non-hydrogen) atoms. The normalized spacial score (nSPS) is 10.6. The fourth-order valence-corrected chi connectivity index (χ4v) is 2.81. The van der Waals surface area contributed by atoms with Gasteiger partial charge in [0.15, 0.2) is 0 Å². The van der Waals surface area contributed by atoms with Crippen LogP contribution in [0.15, 0.2) is 76.5 Å². The summed E-state index contributed by atoms with van der Waals surface area (Å²) in [6, 6.07) is 23.0. The molecule has 0 aliphatic carbocycles. The standard InChI is InChI=1S/C20H19NS2/c1-14-3-4-18(13-15(14)2)21(16-5-9-19(22)10-6-16)17-7-11-20(23)12-8-17/h3-13,22-23H,1-2H3. The third kappa shape index (κ3) is 3.57. The quantitative estimate of drug-likeness (QED) is 0.527. The average molecular weight is 338 g/mol. The third-order valence-corrected chi connectivity index (χ3v) is 4.56. The number of thiol groups is 2. The maximum absolute atomic E-state index is 4.39. The molecule has 0 spiro atoms. The van der Waals surface area contributed by atoms with E-state index >= 15 is 0 Å². The summed E-state index contributed by atoms with van der Waals surface area (Å²) in [5.74, 6) is 0. The highest BCUT2D eigenvalue weighted by Crippen LogP contribution is 2.35. The largest absolute Gasteiger partial charge is 0.310 e. The van der Waals surface area contributed by atoms with Gasteiger partial charge >= 0.3 is 0 Å². The van der Waals surface area contributed by atoms with Crippen LogP contribution in [-0.4, -0.2) is 0 Å². The van der Waals surface area contributed by atoms with Gasteiger partial charge in [-0.2, -0.15) is 0 Å². The number of rotatable bonds is 3. The Morgan fingerprint density at radius 3 is 1.43 bits per heavy atom. The van der Waals surface area contributed by atoms with Crippen LogP contribution < -0.4 is 4.90 Å². The summed E-state index contributed by atoms with van der Waals surface area (Å²) in [6.45, 7) is 4.28. The van der Waals surface area contributed by atoms with Crippen LogP contribution in [0.2, 0.25) is 0 Å². The molecule has 3 aromatic carbocycles. The van der Waals surface area contributed by atoms with Crippen molar-refractivity contribution in [2.45, 2.75) is 23.6 Å². The molecule has 0 aliphatic rings. The molecule has 116 valence electrons. The van der Waals surface area contributed by atoms with Gasteiger partial charge in [-0.15, -0.1) is 25.3 Å². The highest BCUT2D eigenvalue weighted by atomic mass is 32.1. The topological polar surface area (TPSA) is 3.24 Å². The molecule has 3 heteroatoms. The van der Waals surface area contributed by atoms with Crippen molar-refractivity contribution in [1.82, 2.24) is 0 Å². The first kappa shape index (κ1) is 16.0. The lowest BCUT2D eigenvalue weighted by atomic mass is 10.1. The van der Waals surface area contributed by atoms with Crippen molar-refractivity contribution in [3.8, 4) is 0 Å². The molecule has 0 fully saturated rings. The van der Waals surface area contributed by atoms with Gasteiger partial charge in [0.1, 0.15) is 0 Å². The predicted molar refractivity (Wildman–Crippen MR) is 105 cm³/mol. The molecule has 3 rings (SSSR count). The second-order valence-electron chi connectivity index (χ2n) is 5.64. The summed E-state index contributed by atoms with van der Waals surface area (Å²) in [6.07, 6.45) is 0. The number of nitrogens with zero attached hydrogens (tertiary/aromatic N) is 1. The van der Waals surface area contributed by atoms with Gasteiger partial charge in [-0.1, -0.05) is 6.07 Å². The molecule has 0 saturated heterocycles. The molecule has 1 nitrogen and oxygen atoms in total. The summed E-state index contributed by atoms with van der Waals surface area (Å²) in [7, 11) is 0. The Hall–Kier alpha value is -1.84. The second-order valence-corrected chi connectivity index (χ2v) is 6.67. The first-order valence-corrected chi connectivity index (χ1v) is 8.39. The van der Waals surface area contributed by atoms with Gasteiger partial charge in [0, 0.05) is 26.9 Å². The van der Waals surface area contributed by atoms with E-state index in [9.17, 15) is 0 Å². The van der Waals surface area contributed by atoms with Crippen molar-refractivity contribution in [1.29, 1.82) is 0 Å². The van der Waals surface area contributed by atoms with Crippen LogP contribution >= 0.6 is 25.3 Å². The van der Waals surface area contributed by atoms with Crippen LogP contribution in [0, 0.1) is 13.8 Å². The van der Waals surface area contributed by atoms with E-state index in [-0.39, 0.29) is 0 Å². The predicted octanol–water partition coefficient (Wildman–Crippen LogP) is 6.35. The monoisotopic (exact) mass is 337 g/mol. The summed E-state index contributed by atoms with van der Waals surface area (Å²) < 4.78 is 0. The van der Waals surface area contributed by atoms with Crippen LogP contribution in [0.4, 0.5) is 17.1 Å². The van der Waals surface area contributed by atoms with Crippen LogP contribution in [-0.2, 0) is 0 Å². The van der Waals surface area contributed by atoms with Gasteiger partial charge in [0.2, 0.25) is 0 Å². The molecule has 0 unspecified atom stereocenters. The second kappa shape index (κ2) is 6.73. The molecule has 0 aromatic heterocycles. The molecular formula is C20H19NS2. The summed E-state index contributed by atoms with van der Waals surface area (Å²) >= 11 is 8.78. The van der Waals surface area contributed by atoms with Crippen molar-refractivity contribution < 1.29 is 0 Å². The molecule has 0 radical (unpaired) electrons. The Labute approximate surface area is 148 Å². The number of hydrogen-bond donors (Lipinski definition) is 2. The molecular weight excluding hydrogens is 318 g/mol. The molecule has 3 aromatic rings. The highest BCUT2D eigenvalue weighted by Gasteiger charge is 2.12. The van der Waals surface area contributed by atoms with E-state index < -0.39 is 0 Å². The Bertz CT molecular complexity index is 763. The molecule has 0 atom stereocenters. The van der Waals surface area contributed by atoms with E-state index in [2.05, 4.69) is 86.5 Å². The van der Waals surface area contributed by atoms with Gasteiger partial charge in [-0.3, -0.25) is 0 Å². The zero-order chi connectivity index (χ0) is 16.4. The van der Waals surface area contributed by atoms with Crippen molar-refractivity contribution in [3.63, 3.8) is 0 Å². The minimum absolute atomic E-state index is 0.958. The fourth-order valence-electron chi connectivity index (χ4n) is 2.52. The van der Waals surface area contributed by atoms with Crippen molar-refractivity contribution >= 4 is 42.3 Å². The minimum Gasteiger partial charge on any atom is -0.310 e. The maximum atomic E-state index is 4.39. The van der Waals surface area contributed by atoms with Crippen LogP contribution in [0.25, 0.3) is 0 Å². The SMILES string of the molecule is Cc1ccc(N(c2ccc(S)cc2)c2ccc(S)cc2)cc1C. The summed E-state index contributed by atoms with van der Waals surface area (Å²) in [5.41, 5.74) is 5.94. The lowest BCUT2D eigenvalue weighted by molar-refractivity contribution is 1.23. The number of benzene rings is 3. The van der Waals surface area contributed by atoms with Crippen LogP contribution in [0.3, 0.4) is 0 Å². The van der Waals surface area contributed by atoms with E-state index in [1.165, 1.54) is 11.1 Å². The molecule has 0 saturated carbocycles. The maximum Gasteiger partial charge on any atom is 0.0464 e. The first-order valence-electron chi connectivity index (χ1n) is 7.50. The third-order valence-electron chi connectivity index (χ3n) is 3.96. The molecule has 0 bridgehead atoms. The van der Waals surface area contributed by atoms with Gasteiger partial charge in [0.25, 0.3) is 0 Å². The molecule has 0 N–H and O–H groups in total. The smallest absolute Gasteiger partial charge is 0.0464 e. The minimum atomic E-state index is 0.958. The number of hydrogen-bond acceptors (Lipinski definition) is 3. The van der Waals surface area contributed by atoms with Gasteiger partial charge < -0.3 is 4.90 Å². The van der Waals surface area contributed by atoms with Crippen molar-refractivity contribution in [3.05, 3.63) is 77.9 Å². The lowest BCUT2D eigenvalue weighted by Crippen LogP contribution is -2.10. The Balaban J connectivity index is 2.14. The van der Waals surface area contributed by atoms with Crippen molar-refractivity contribution in [2.24, 2.45) is 0 Å². The lowest BCUT2D eigenvalue weighted by Gasteiger charge is -2.26. The van der Waals surface area contributed by atoms with Crippen LogP contribution in [0.5, 0.6) is 0 Å².